The van der Waals surface area contributed by atoms with Gasteiger partial charge in [0.2, 0.25) is 0 Å². The van der Waals surface area contributed by atoms with Crippen molar-refractivity contribution >= 4 is 44.7 Å². The molecule has 0 aliphatic heterocycles. The lowest BCUT2D eigenvalue weighted by Gasteiger charge is -2.14. The van der Waals surface area contributed by atoms with Crippen molar-refractivity contribution in [3.05, 3.63) is 75.9 Å². The highest BCUT2D eigenvalue weighted by Gasteiger charge is 2.20. The fourth-order valence-corrected chi connectivity index (χ4v) is 5.37. The monoisotopic (exact) mass is 428 g/mol. The first-order valence-corrected chi connectivity index (χ1v) is 11.4. The molecule has 2 aromatic heterocycles. The molecule has 1 aliphatic rings. The number of anilines is 3. The SMILES string of the molecule is Cc1cccc(NC(=O)c2ccc(C)c(Nc3ncnc4sc5c(c34)CCCC5)c2)c1. The van der Waals surface area contributed by atoms with Gasteiger partial charge in [0, 0.05) is 21.8 Å². The van der Waals surface area contributed by atoms with Crippen LogP contribution in [0.4, 0.5) is 17.2 Å². The number of carbonyl (C=O) groups is 1. The fourth-order valence-electron chi connectivity index (χ4n) is 4.14. The maximum absolute atomic E-state index is 12.8. The molecule has 0 atom stereocenters. The summed E-state index contributed by atoms with van der Waals surface area (Å²) in [5.41, 5.74) is 5.83. The van der Waals surface area contributed by atoms with Gasteiger partial charge in [-0.2, -0.15) is 0 Å². The van der Waals surface area contributed by atoms with Gasteiger partial charge in [-0.25, -0.2) is 9.97 Å². The van der Waals surface area contributed by atoms with Gasteiger partial charge in [-0.15, -0.1) is 11.3 Å². The van der Waals surface area contributed by atoms with E-state index in [9.17, 15) is 4.79 Å². The Morgan fingerprint density at radius 3 is 2.77 bits per heavy atom. The quantitative estimate of drug-likeness (QED) is 0.407. The van der Waals surface area contributed by atoms with Crippen LogP contribution in [-0.4, -0.2) is 15.9 Å². The summed E-state index contributed by atoms with van der Waals surface area (Å²) in [6.07, 6.45) is 6.28. The number of amides is 1. The number of hydrogen-bond donors (Lipinski definition) is 2. The molecule has 6 heteroatoms. The predicted molar refractivity (Wildman–Crippen MR) is 128 cm³/mol. The van der Waals surface area contributed by atoms with Crippen molar-refractivity contribution in [2.75, 3.05) is 10.6 Å². The molecule has 2 N–H and O–H groups in total. The van der Waals surface area contributed by atoms with E-state index in [1.807, 2.05) is 56.3 Å². The lowest BCUT2D eigenvalue weighted by atomic mass is 9.97. The Kier molecular flexibility index (Phi) is 5.16. The molecule has 0 unspecified atom stereocenters. The number of aryl methyl sites for hydroxylation is 4. The molecular formula is C25H24N4OS. The number of hydrogen-bond acceptors (Lipinski definition) is 5. The zero-order valence-electron chi connectivity index (χ0n) is 17.7. The van der Waals surface area contributed by atoms with Crippen molar-refractivity contribution in [3.8, 4) is 0 Å². The minimum atomic E-state index is -0.130. The van der Waals surface area contributed by atoms with Crippen LogP contribution in [0, 0.1) is 13.8 Å². The number of thiophene rings is 1. The first kappa shape index (κ1) is 19.7. The second-order valence-corrected chi connectivity index (χ2v) is 9.18. The Hall–Kier alpha value is -3.25. The average molecular weight is 429 g/mol. The topological polar surface area (TPSA) is 66.9 Å². The van der Waals surface area contributed by atoms with Gasteiger partial charge in [0.05, 0.1) is 5.39 Å². The Labute approximate surface area is 185 Å². The number of carbonyl (C=O) groups excluding carboxylic acids is 1. The standard InChI is InChI=1S/C25H24N4OS/c1-15-6-5-7-18(12-15)28-24(30)17-11-10-16(2)20(13-17)29-23-22-19-8-3-4-9-21(19)31-25(22)27-14-26-23/h5-7,10-14H,3-4,8-9H2,1-2H3,(H,28,30)(H,26,27,29). The zero-order valence-corrected chi connectivity index (χ0v) is 18.5. The van der Waals surface area contributed by atoms with Crippen molar-refractivity contribution in [3.63, 3.8) is 0 Å². The normalized spacial score (nSPS) is 13.1. The van der Waals surface area contributed by atoms with Crippen LogP contribution in [-0.2, 0) is 12.8 Å². The van der Waals surface area contributed by atoms with E-state index >= 15 is 0 Å². The lowest BCUT2D eigenvalue weighted by Crippen LogP contribution is -2.12. The highest BCUT2D eigenvalue weighted by Crippen LogP contribution is 2.39. The van der Waals surface area contributed by atoms with E-state index in [1.165, 1.54) is 23.3 Å². The first-order valence-electron chi connectivity index (χ1n) is 10.6. The Bertz CT molecular complexity index is 1290. The van der Waals surface area contributed by atoms with E-state index in [4.69, 9.17) is 0 Å². The van der Waals surface area contributed by atoms with Crippen molar-refractivity contribution in [2.45, 2.75) is 39.5 Å². The molecule has 1 amide bonds. The fraction of sp³-hybridized carbons (Fsp3) is 0.240. The summed E-state index contributed by atoms with van der Waals surface area (Å²) < 4.78 is 0. The van der Waals surface area contributed by atoms with E-state index in [0.29, 0.717) is 5.56 Å². The highest BCUT2D eigenvalue weighted by molar-refractivity contribution is 7.19. The molecule has 5 rings (SSSR count). The Morgan fingerprint density at radius 2 is 1.90 bits per heavy atom. The minimum Gasteiger partial charge on any atom is -0.339 e. The van der Waals surface area contributed by atoms with Crippen LogP contribution in [0.15, 0.2) is 48.8 Å². The van der Waals surface area contributed by atoms with Crippen LogP contribution in [0.2, 0.25) is 0 Å². The highest BCUT2D eigenvalue weighted by atomic mass is 32.1. The van der Waals surface area contributed by atoms with Gasteiger partial charge in [-0.3, -0.25) is 4.79 Å². The van der Waals surface area contributed by atoms with Gasteiger partial charge in [0.1, 0.15) is 17.0 Å². The Morgan fingerprint density at radius 1 is 1.03 bits per heavy atom. The second-order valence-electron chi connectivity index (χ2n) is 8.09. The van der Waals surface area contributed by atoms with Crippen LogP contribution in [0.25, 0.3) is 10.2 Å². The smallest absolute Gasteiger partial charge is 0.255 e. The van der Waals surface area contributed by atoms with E-state index < -0.39 is 0 Å². The van der Waals surface area contributed by atoms with E-state index in [2.05, 4.69) is 20.6 Å². The molecule has 0 saturated carbocycles. The van der Waals surface area contributed by atoms with Crippen LogP contribution in [0.5, 0.6) is 0 Å². The van der Waals surface area contributed by atoms with E-state index in [0.717, 1.165) is 51.4 Å². The van der Waals surface area contributed by atoms with E-state index in [-0.39, 0.29) is 5.91 Å². The summed E-state index contributed by atoms with van der Waals surface area (Å²) >= 11 is 1.78. The third-order valence-electron chi connectivity index (χ3n) is 5.78. The molecule has 0 saturated heterocycles. The first-order chi connectivity index (χ1) is 15.1. The molecule has 5 nitrogen and oxygen atoms in total. The Balaban J connectivity index is 1.46. The summed E-state index contributed by atoms with van der Waals surface area (Å²) in [5, 5.41) is 7.62. The molecule has 2 heterocycles. The van der Waals surface area contributed by atoms with Gasteiger partial charge >= 0.3 is 0 Å². The third kappa shape index (κ3) is 3.91. The number of fused-ring (bicyclic) bond motifs is 3. The lowest BCUT2D eigenvalue weighted by molar-refractivity contribution is 0.102. The van der Waals surface area contributed by atoms with Crippen LogP contribution in [0.1, 0.15) is 44.8 Å². The molecule has 0 spiro atoms. The molecule has 31 heavy (non-hydrogen) atoms. The van der Waals surface area contributed by atoms with Crippen molar-refractivity contribution < 1.29 is 4.79 Å². The number of aromatic nitrogens is 2. The number of nitrogens with one attached hydrogen (secondary N) is 2. The van der Waals surface area contributed by atoms with Crippen molar-refractivity contribution in [1.29, 1.82) is 0 Å². The molecule has 4 aromatic rings. The van der Waals surface area contributed by atoms with Gasteiger partial charge < -0.3 is 10.6 Å². The third-order valence-corrected chi connectivity index (χ3v) is 6.98. The maximum Gasteiger partial charge on any atom is 0.255 e. The molecule has 1 aliphatic carbocycles. The molecule has 156 valence electrons. The molecule has 2 aromatic carbocycles. The summed E-state index contributed by atoms with van der Waals surface area (Å²) in [6, 6.07) is 13.5. The number of nitrogens with zero attached hydrogens (tertiary/aromatic N) is 2. The maximum atomic E-state index is 12.8. The predicted octanol–water partition coefficient (Wildman–Crippen LogP) is 6.18. The van der Waals surface area contributed by atoms with E-state index in [1.54, 1.807) is 17.7 Å². The molecular weight excluding hydrogens is 404 g/mol. The average Bonchev–Trinajstić information content (AvgIpc) is 3.15. The molecule has 0 fully saturated rings. The van der Waals surface area contributed by atoms with Crippen molar-refractivity contribution in [2.24, 2.45) is 0 Å². The summed E-state index contributed by atoms with van der Waals surface area (Å²) in [7, 11) is 0. The minimum absolute atomic E-state index is 0.130. The summed E-state index contributed by atoms with van der Waals surface area (Å²) in [5.74, 6) is 0.693. The van der Waals surface area contributed by atoms with Gasteiger partial charge in [-0.1, -0.05) is 18.2 Å². The van der Waals surface area contributed by atoms with Gasteiger partial charge in [0.15, 0.2) is 0 Å². The number of benzene rings is 2. The second kappa shape index (κ2) is 8.12. The van der Waals surface area contributed by atoms with Crippen molar-refractivity contribution in [1.82, 2.24) is 9.97 Å². The van der Waals surface area contributed by atoms with Crippen LogP contribution in [0.3, 0.4) is 0 Å². The van der Waals surface area contributed by atoms with Crippen LogP contribution < -0.4 is 10.6 Å². The van der Waals surface area contributed by atoms with Gasteiger partial charge in [0.25, 0.3) is 5.91 Å². The number of rotatable bonds is 4. The van der Waals surface area contributed by atoms with Crippen LogP contribution >= 0.6 is 11.3 Å². The molecule has 0 bridgehead atoms. The zero-order chi connectivity index (χ0) is 21.4. The largest absolute Gasteiger partial charge is 0.339 e. The summed E-state index contributed by atoms with van der Waals surface area (Å²) in [4.78, 5) is 24.4. The summed E-state index contributed by atoms with van der Waals surface area (Å²) in [6.45, 7) is 4.04. The molecule has 0 radical (unpaired) electrons. The van der Waals surface area contributed by atoms with Gasteiger partial charge in [-0.05, 0) is 80.5 Å².